The summed E-state index contributed by atoms with van der Waals surface area (Å²) in [7, 11) is 0. The van der Waals surface area contributed by atoms with E-state index in [1.165, 1.54) is 0 Å². The van der Waals surface area contributed by atoms with Crippen LogP contribution in [0, 0.1) is 5.92 Å². The van der Waals surface area contributed by atoms with Gasteiger partial charge in [-0.3, -0.25) is 4.79 Å². The minimum atomic E-state index is -0.0000926. The Bertz CT molecular complexity index is 276. The summed E-state index contributed by atoms with van der Waals surface area (Å²) in [4.78, 5) is 18.4. The van der Waals surface area contributed by atoms with Crippen LogP contribution in [-0.4, -0.2) is 29.0 Å². The Morgan fingerprint density at radius 1 is 1.69 bits per heavy atom. The van der Waals surface area contributed by atoms with Gasteiger partial charge >= 0.3 is 0 Å². The van der Waals surface area contributed by atoms with Crippen molar-refractivity contribution in [1.82, 2.24) is 9.97 Å². The van der Waals surface area contributed by atoms with Crippen molar-refractivity contribution in [3.63, 3.8) is 0 Å². The first-order chi connectivity index (χ1) is 6.38. The third-order valence-electron chi connectivity index (χ3n) is 2.26. The maximum absolute atomic E-state index is 11.7. The molecule has 1 N–H and O–H groups in total. The van der Waals surface area contributed by atoms with E-state index in [9.17, 15) is 4.79 Å². The molecule has 1 aromatic heterocycles. The number of rotatable bonds is 2. The number of nitrogens with zero attached hydrogens (tertiary/aromatic N) is 1. The molecule has 1 aliphatic rings. The SMILES string of the molecule is O=C(c1ncc[nH]1)C1CCCOC1. The lowest BCUT2D eigenvalue weighted by Crippen LogP contribution is -2.26. The molecule has 0 bridgehead atoms. The highest BCUT2D eigenvalue weighted by atomic mass is 16.5. The van der Waals surface area contributed by atoms with E-state index in [0.717, 1.165) is 19.4 Å². The Balaban J connectivity index is 2.04. The highest BCUT2D eigenvalue weighted by Crippen LogP contribution is 2.16. The van der Waals surface area contributed by atoms with Crippen molar-refractivity contribution in [2.75, 3.05) is 13.2 Å². The van der Waals surface area contributed by atoms with Crippen LogP contribution in [0.2, 0.25) is 0 Å². The maximum Gasteiger partial charge on any atom is 0.203 e. The van der Waals surface area contributed by atoms with Crippen LogP contribution in [0.4, 0.5) is 0 Å². The molecule has 1 atom stereocenters. The summed E-state index contributed by atoms with van der Waals surface area (Å²) < 4.78 is 5.24. The average Bonchev–Trinajstić information content (AvgIpc) is 2.71. The Hall–Kier alpha value is -1.16. The third kappa shape index (κ3) is 1.78. The molecule has 1 fully saturated rings. The van der Waals surface area contributed by atoms with E-state index < -0.39 is 0 Å². The number of H-pyrrole nitrogens is 1. The van der Waals surface area contributed by atoms with Gasteiger partial charge < -0.3 is 9.72 Å². The van der Waals surface area contributed by atoms with Crippen LogP contribution in [0.3, 0.4) is 0 Å². The molecular formula is C9H12N2O2. The van der Waals surface area contributed by atoms with E-state index in [2.05, 4.69) is 9.97 Å². The van der Waals surface area contributed by atoms with Gasteiger partial charge in [-0.15, -0.1) is 0 Å². The molecule has 2 heterocycles. The quantitative estimate of drug-likeness (QED) is 0.691. The van der Waals surface area contributed by atoms with E-state index in [4.69, 9.17) is 4.74 Å². The van der Waals surface area contributed by atoms with Crippen molar-refractivity contribution >= 4 is 5.78 Å². The molecule has 0 aliphatic carbocycles. The molecular weight excluding hydrogens is 168 g/mol. The first kappa shape index (κ1) is 8.44. The normalized spacial score (nSPS) is 22.9. The van der Waals surface area contributed by atoms with Gasteiger partial charge in [0.25, 0.3) is 0 Å². The number of aromatic nitrogens is 2. The smallest absolute Gasteiger partial charge is 0.203 e. The lowest BCUT2D eigenvalue weighted by Gasteiger charge is -2.19. The number of aromatic amines is 1. The van der Waals surface area contributed by atoms with Gasteiger partial charge in [-0.05, 0) is 12.8 Å². The molecule has 4 nitrogen and oxygen atoms in total. The van der Waals surface area contributed by atoms with Crippen LogP contribution in [0.5, 0.6) is 0 Å². The molecule has 2 rings (SSSR count). The fraction of sp³-hybridized carbons (Fsp3) is 0.556. The van der Waals surface area contributed by atoms with Crippen molar-refractivity contribution in [2.45, 2.75) is 12.8 Å². The van der Waals surface area contributed by atoms with Gasteiger partial charge in [0.2, 0.25) is 5.78 Å². The molecule has 70 valence electrons. The van der Waals surface area contributed by atoms with Gasteiger partial charge in [-0.25, -0.2) is 4.98 Å². The summed E-state index contributed by atoms with van der Waals surface area (Å²) in [6.45, 7) is 1.32. The minimum absolute atomic E-state index is 0.0000926. The first-order valence-electron chi connectivity index (χ1n) is 4.49. The van der Waals surface area contributed by atoms with Crippen molar-refractivity contribution < 1.29 is 9.53 Å². The van der Waals surface area contributed by atoms with Crippen molar-refractivity contribution in [3.05, 3.63) is 18.2 Å². The zero-order valence-corrected chi connectivity index (χ0v) is 7.32. The molecule has 13 heavy (non-hydrogen) atoms. The van der Waals surface area contributed by atoms with Gasteiger partial charge in [0.15, 0.2) is 5.82 Å². The predicted molar refractivity (Wildman–Crippen MR) is 46.5 cm³/mol. The van der Waals surface area contributed by atoms with Crippen LogP contribution >= 0.6 is 0 Å². The van der Waals surface area contributed by atoms with Gasteiger partial charge in [0.05, 0.1) is 6.61 Å². The number of Topliss-reactive ketones (excluding diaryl/α,β-unsaturated/α-hetero) is 1. The summed E-state index contributed by atoms with van der Waals surface area (Å²) in [5.74, 6) is 0.528. The van der Waals surface area contributed by atoms with E-state index in [1.807, 2.05) is 0 Å². The second-order valence-corrected chi connectivity index (χ2v) is 3.22. The number of hydrogen-bond acceptors (Lipinski definition) is 3. The average molecular weight is 180 g/mol. The number of imidazole rings is 1. The van der Waals surface area contributed by atoms with Gasteiger partial charge in [0, 0.05) is 24.9 Å². The number of ketones is 1. The van der Waals surface area contributed by atoms with Crippen LogP contribution in [0.1, 0.15) is 23.5 Å². The molecule has 1 unspecified atom stereocenters. The lowest BCUT2D eigenvalue weighted by atomic mass is 9.97. The Kier molecular flexibility index (Phi) is 2.40. The number of hydrogen-bond donors (Lipinski definition) is 1. The highest BCUT2D eigenvalue weighted by molar-refractivity contribution is 5.94. The first-order valence-corrected chi connectivity index (χ1v) is 4.49. The number of carbonyl (C=O) groups is 1. The van der Waals surface area contributed by atoms with Gasteiger partial charge in [-0.1, -0.05) is 0 Å². The molecule has 0 saturated carbocycles. The van der Waals surface area contributed by atoms with Crippen LogP contribution in [0.15, 0.2) is 12.4 Å². The third-order valence-corrected chi connectivity index (χ3v) is 2.26. The van der Waals surface area contributed by atoms with Gasteiger partial charge in [-0.2, -0.15) is 0 Å². The summed E-state index contributed by atoms with van der Waals surface area (Å²) in [6.07, 6.45) is 5.14. The standard InChI is InChI=1S/C9H12N2O2/c12-8(9-10-3-4-11-9)7-2-1-5-13-6-7/h3-4,7H,1-2,5-6H2,(H,10,11). The van der Waals surface area contributed by atoms with E-state index in [-0.39, 0.29) is 11.7 Å². The fourth-order valence-electron chi connectivity index (χ4n) is 1.54. The fourth-order valence-corrected chi connectivity index (χ4v) is 1.54. The molecule has 1 aromatic rings. The second kappa shape index (κ2) is 3.70. The Morgan fingerprint density at radius 2 is 2.62 bits per heavy atom. The lowest BCUT2D eigenvalue weighted by molar-refractivity contribution is 0.0455. The molecule has 0 aromatic carbocycles. The molecule has 4 heteroatoms. The van der Waals surface area contributed by atoms with Crippen LogP contribution < -0.4 is 0 Å². The molecule has 0 amide bonds. The van der Waals surface area contributed by atoms with E-state index in [1.54, 1.807) is 12.4 Å². The second-order valence-electron chi connectivity index (χ2n) is 3.22. The summed E-state index contributed by atoms with van der Waals surface area (Å²) in [5, 5.41) is 0. The van der Waals surface area contributed by atoms with Crippen LogP contribution in [-0.2, 0) is 4.74 Å². The predicted octanol–water partition coefficient (Wildman–Crippen LogP) is 1.02. The highest BCUT2D eigenvalue weighted by Gasteiger charge is 2.24. The van der Waals surface area contributed by atoms with Gasteiger partial charge in [0.1, 0.15) is 0 Å². The van der Waals surface area contributed by atoms with Crippen molar-refractivity contribution in [2.24, 2.45) is 5.92 Å². The maximum atomic E-state index is 11.7. The van der Waals surface area contributed by atoms with Crippen LogP contribution in [0.25, 0.3) is 0 Å². The van der Waals surface area contributed by atoms with Crippen molar-refractivity contribution in [1.29, 1.82) is 0 Å². The van der Waals surface area contributed by atoms with E-state index >= 15 is 0 Å². The molecule has 0 radical (unpaired) electrons. The monoisotopic (exact) mass is 180 g/mol. The van der Waals surface area contributed by atoms with E-state index in [0.29, 0.717) is 12.4 Å². The summed E-state index contributed by atoms with van der Waals surface area (Å²) in [6, 6.07) is 0. The number of ether oxygens (including phenoxy) is 1. The zero-order chi connectivity index (χ0) is 9.10. The molecule has 1 aliphatic heterocycles. The van der Waals surface area contributed by atoms with Crippen molar-refractivity contribution in [3.8, 4) is 0 Å². The summed E-state index contributed by atoms with van der Waals surface area (Å²) in [5.41, 5.74) is 0. The molecule has 1 saturated heterocycles. The topological polar surface area (TPSA) is 55.0 Å². The Morgan fingerprint density at radius 3 is 3.23 bits per heavy atom. The Labute approximate surface area is 76.3 Å². The summed E-state index contributed by atoms with van der Waals surface area (Å²) >= 11 is 0. The largest absolute Gasteiger partial charge is 0.381 e. The minimum Gasteiger partial charge on any atom is -0.381 e. The number of nitrogens with one attached hydrogen (secondary N) is 1. The number of carbonyl (C=O) groups excluding carboxylic acids is 1. The zero-order valence-electron chi connectivity index (χ0n) is 7.32. The molecule has 0 spiro atoms.